The number of carbonyl (C=O) groups is 1. The molecule has 1 aromatic heterocycles. The van der Waals surface area contributed by atoms with Gasteiger partial charge >= 0.3 is 0 Å². The van der Waals surface area contributed by atoms with E-state index in [0.29, 0.717) is 0 Å². The second-order valence-corrected chi connectivity index (χ2v) is 9.53. The first kappa shape index (κ1) is 13.9. The van der Waals surface area contributed by atoms with E-state index < -0.39 is 0 Å². The first-order chi connectivity index (χ1) is 10.1. The number of nitrogens with zero attached hydrogens (tertiary/aromatic N) is 1. The molecule has 1 amide bonds. The number of thiophene rings is 1. The topological polar surface area (TPSA) is 41.5 Å². The van der Waals surface area contributed by atoms with E-state index in [1.54, 1.807) is 17.6 Å². The highest BCUT2D eigenvalue weighted by Gasteiger charge is 2.54. The van der Waals surface area contributed by atoms with E-state index in [1.165, 1.54) is 19.3 Å². The van der Waals surface area contributed by atoms with Gasteiger partial charge in [0.25, 0.3) is 0 Å². The fraction of sp³-hybridized carbons (Fsp3) is 0.625. The van der Waals surface area contributed by atoms with Crippen LogP contribution in [0.25, 0.3) is 0 Å². The van der Waals surface area contributed by atoms with Gasteiger partial charge in [0.2, 0.25) is 5.91 Å². The number of halogens is 1. The second-order valence-electron chi connectivity index (χ2n) is 7.04. The number of nitrogens with one attached hydrogen (secondary N) is 1. The third kappa shape index (κ3) is 2.59. The molecule has 1 aromatic rings. The zero-order chi connectivity index (χ0) is 14.4. The Kier molecular flexibility index (Phi) is 3.45. The summed E-state index contributed by atoms with van der Waals surface area (Å²) in [6.07, 6.45) is 9.09. The summed E-state index contributed by atoms with van der Waals surface area (Å²) in [5.74, 6) is 2.53. The lowest BCUT2D eigenvalue weighted by molar-refractivity contribution is -0.146. The molecule has 5 rings (SSSR count). The van der Waals surface area contributed by atoms with Gasteiger partial charge in [0.1, 0.15) is 0 Å². The molecule has 0 unspecified atom stereocenters. The molecule has 112 valence electrons. The molecule has 0 radical (unpaired) electrons. The van der Waals surface area contributed by atoms with Crippen molar-refractivity contribution < 1.29 is 4.79 Å². The highest BCUT2D eigenvalue weighted by Crippen LogP contribution is 2.60. The Morgan fingerprint density at radius 3 is 2.38 bits per heavy atom. The molecule has 1 N–H and O–H groups in total. The fourth-order valence-electron chi connectivity index (χ4n) is 5.06. The average Bonchev–Trinajstić information content (AvgIpc) is 2.83. The van der Waals surface area contributed by atoms with Gasteiger partial charge in [-0.2, -0.15) is 5.10 Å². The van der Waals surface area contributed by atoms with E-state index in [-0.39, 0.29) is 11.3 Å². The van der Waals surface area contributed by atoms with Gasteiger partial charge in [0.05, 0.1) is 15.4 Å². The molecule has 0 aromatic carbocycles. The molecule has 21 heavy (non-hydrogen) atoms. The van der Waals surface area contributed by atoms with Crippen molar-refractivity contribution in [2.45, 2.75) is 38.5 Å². The van der Waals surface area contributed by atoms with Crippen LogP contribution in [0.5, 0.6) is 0 Å². The summed E-state index contributed by atoms with van der Waals surface area (Å²) in [6.45, 7) is 0. The zero-order valence-electron chi connectivity index (χ0n) is 11.8. The van der Waals surface area contributed by atoms with Crippen molar-refractivity contribution in [2.24, 2.45) is 28.3 Å². The van der Waals surface area contributed by atoms with Gasteiger partial charge in [0, 0.05) is 4.88 Å². The second kappa shape index (κ2) is 5.20. The maximum Gasteiger partial charge on any atom is 0.246 e. The van der Waals surface area contributed by atoms with Gasteiger partial charge in [-0.1, -0.05) is 0 Å². The average molecular weight is 367 g/mol. The van der Waals surface area contributed by atoms with E-state index in [2.05, 4.69) is 26.5 Å². The fourth-order valence-corrected chi connectivity index (χ4v) is 6.36. The van der Waals surface area contributed by atoms with Crippen LogP contribution in [0.4, 0.5) is 0 Å². The van der Waals surface area contributed by atoms with E-state index in [1.807, 2.05) is 12.1 Å². The van der Waals surface area contributed by atoms with E-state index >= 15 is 0 Å². The Morgan fingerprint density at radius 1 is 1.24 bits per heavy atom. The minimum Gasteiger partial charge on any atom is -0.273 e. The Hall–Kier alpha value is -0.680. The summed E-state index contributed by atoms with van der Waals surface area (Å²) >= 11 is 5.05. The van der Waals surface area contributed by atoms with Crippen molar-refractivity contribution >= 4 is 39.4 Å². The van der Waals surface area contributed by atoms with E-state index in [4.69, 9.17) is 0 Å². The highest BCUT2D eigenvalue weighted by molar-refractivity contribution is 9.11. The summed E-state index contributed by atoms with van der Waals surface area (Å²) < 4.78 is 1.08. The lowest BCUT2D eigenvalue weighted by Gasteiger charge is -2.55. The van der Waals surface area contributed by atoms with Crippen LogP contribution >= 0.6 is 27.3 Å². The number of amides is 1. The van der Waals surface area contributed by atoms with Crippen LogP contribution in [0.2, 0.25) is 0 Å². The number of rotatable bonds is 3. The lowest BCUT2D eigenvalue weighted by atomic mass is 9.49. The molecule has 3 nitrogen and oxygen atoms in total. The predicted octanol–water partition coefficient (Wildman–Crippen LogP) is 4.18. The van der Waals surface area contributed by atoms with Crippen molar-refractivity contribution in [1.29, 1.82) is 0 Å². The van der Waals surface area contributed by atoms with Gasteiger partial charge < -0.3 is 0 Å². The van der Waals surface area contributed by atoms with Crippen LogP contribution in [-0.2, 0) is 4.79 Å². The van der Waals surface area contributed by atoms with Crippen LogP contribution in [0.1, 0.15) is 43.4 Å². The third-order valence-electron chi connectivity index (χ3n) is 5.47. The largest absolute Gasteiger partial charge is 0.273 e. The zero-order valence-corrected chi connectivity index (χ0v) is 14.3. The maximum absolute atomic E-state index is 12.7. The molecule has 1 heterocycles. The SMILES string of the molecule is O=C(N/N=C/c1ccc(Br)s1)C12CC3CC(CC(C3)C1)C2. The summed E-state index contributed by atoms with van der Waals surface area (Å²) in [5, 5.41) is 4.18. The van der Waals surface area contributed by atoms with Gasteiger partial charge in [-0.3, -0.25) is 4.79 Å². The predicted molar refractivity (Wildman–Crippen MR) is 88.4 cm³/mol. The minimum absolute atomic E-state index is 0.109. The smallest absolute Gasteiger partial charge is 0.246 e. The van der Waals surface area contributed by atoms with Crippen LogP contribution < -0.4 is 5.43 Å². The molecular weight excluding hydrogens is 348 g/mol. The Morgan fingerprint density at radius 2 is 1.86 bits per heavy atom. The van der Waals surface area contributed by atoms with Crippen LogP contribution in [-0.4, -0.2) is 12.1 Å². The summed E-state index contributed by atoms with van der Waals surface area (Å²) in [4.78, 5) is 13.7. The maximum atomic E-state index is 12.7. The quantitative estimate of drug-likeness (QED) is 0.632. The lowest BCUT2D eigenvalue weighted by Crippen LogP contribution is -2.52. The van der Waals surface area contributed by atoms with Gasteiger partial charge in [-0.15, -0.1) is 11.3 Å². The molecule has 0 atom stereocenters. The minimum atomic E-state index is -0.109. The van der Waals surface area contributed by atoms with Gasteiger partial charge in [-0.25, -0.2) is 5.43 Å². The molecular formula is C16H19BrN2OS. The summed E-state index contributed by atoms with van der Waals surface area (Å²) in [5.41, 5.74) is 2.71. The standard InChI is InChI=1S/C16H19BrN2OS/c17-14-2-1-13(21-14)9-18-19-15(20)16-6-10-3-11(7-16)5-12(4-10)8-16/h1-2,9-12H,3-8H2,(H,19,20)/b18-9+. The molecule has 0 saturated heterocycles. The molecule has 4 saturated carbocycles. The van der Waals surface area contributed by atoms with Crippen molar-refractivity contribution in [1.82, 2.24) is 5.43 Å². The van der Waals surface area contributed by atoms with Crippen LogP contribution in [0.15, 0.2) is 21.0 Å². The monoisotopic (exact) mass is 366 g/mol. The summed E-state index contributed by atoms with van der Waals surface area (Å²) in [7, 11) is 0. The molecule has 0 aliphatic heterocycles. The van der Waals surface area contributed by atoms with Crippen LogP contribution in [0.3, 0.4) is 0 Å². The number of hydrogen-bond acceptors (Lipinski definition) is 3. The number of carbonyl (C=O) groups excluding carboxylic acids is 1. The highest BCUT2D eigenvalue weighted by atomic mass is 79.9. The third-order valence-corrected chi connectivity index (χ3v) is 7.03. The van der Waals surface area contributed by atoms with Crippen molar-refractivity contribution in [3.8, 4) is 0 Å². The molecule has 0 spiro atoms. The first-order valence-corrected chi connectivity index (χ1v) is 9.33. The summed E-state index contributed by atoms with van der Waals surface area (Å²) in [6, 6.07) is 3.99. The van der Waals surface area contributed by atoms with Crippen molar-refractivity contribution in [2.75, 3.05) is 0 Å². The Labute approximate surface area is 137 Å². The van der Waals surface area contributed by atoms with Gasteiger partial charge in [-0.05, 0) is 84.3 Å². The van der Waals surface area contributed by atoms with E-state index in [0.717, 1.165) is 45.7 Å². The molecule has 4 bridgehead atoms. The van der Waals surface area contributed by atoms with Gasteiger partial charge in [0.15, 0.2) is 0 Å². The van der Waals surface area contributed by atoms with Crippen molar-refractivity contribution in [3.63, 3.8) is 0 Å². The Balaban J connectivity index is 1.44. The van der Waals surface area contributed by atoms with Crippen molar-refractivity contribution in [3.05, 3.63) is 20.8 Å². The molecule has 4 fully saturated rings. The normalized spacial score (nSPS) is 37.3. The first-order valence-electron chi connectivity index (χ1n) is 7.72. The number of hydrogen-bond donors (Lipinski definition) is 1. The number of hydrazone groups is 1. The Bertz CT molecular complexity index is 560. The molecule has 5 heteroatoms. The van der Waals surface area contributed by atoms with E-state index in [9.17, 15) is 4.79 Å². The molecule has 4 aliphatic carbocycles. The van der Waals surface area contributed by atoms with Crippen LogP contribution in [0, 0.1) is 23.2 Å². The molecule has 4 aliphatic rings.